The second kappa shape index (κ2) is 4.61. The largest absolute Gasteiger partial charge is 0.399 e. The van der Waals surface area contributed by atoms with Crippen LogP contribution in [0.25, 0.3) is 0 Å². The Morgan fingerprint density at radius 2 is 2.30 bits per heavy atom. The van der Waals surface area contributed by atoms with Gasteiger partial charge in [-0.2, -0.15) is 0 Å². The van der Waals surface area contributed by atoms with Gasteiger partial charge in [0.25, 0.3) is 0 Å². The van der Waals surface area contributed by atoms with E-state index in [1.807, 2.05) is 6.92 Å². The topological polar surface area (TPSA) is 50.4 Å². The van der Waals surface area contributed by atoms with Crippen molar-refractivity contribution in [1.29, 1.82) is 0 Å². The average Bonchev–Trinajstić information content (AvgIpc) is 1.99. The first-order chi connectivity index (χ1) is 4.74. The van der Waals surface area contributed by atoms with Crippen molar-refractivity contribution in [1.82, 2.24) is 5.32 Å². The molecule has 0 fully saturated rings. The van der Waals surface area contributed by atoms with E-state index in [4.69, 9.17) is 5.73 Å². The van der Waals surface area contributed by atoms with Crippen molar-refractivity contribution >= 4 is 6.72 Å². The minimum Gasteiger partial charge on any atom is -0.399 e. The quantitative estimate of drug-likeness (QED) is 0.444. The summed E-state index contributed by atoms with van der Waals surface area (Å²) in [6, 6.07) is 0. The Hall–Kier alpha value is -1.25. The SMILES string of the molecule is C=N/C(=C\C(N)=C/C)NC. The van der Waals surface area contributed by atoms with E-state index in [9.17, 15) is 0 Å². The number of nitrogens with one attached hydrogen (secondary N) is 1. The number of nitrogens with zero attached hydrogens (tertiary/aromatic N) is 1. The first-order valence-corrected chi connectivity index (χ1v) is 3.02. The van der Waals surface area contributed by atoms with Gasteiger partial charge < -0.3 is 11.1 Å². The van der Waals surface area contributed by atoms with Gasteiger partial charge in [0.05, 0.1) is 0 Å². The van der Waals surface area contributed by atoms with Crippen molar-refractivity contribution in [3.05, 3.63) is 23.7 Å². The van der Waals surface area contributed by atoms with Gasteiger partial charge in [-0.25, -0.2) is 4.99 Å². The second-order valence-electron chi connectivity index (χ2n) is 1.73. The highest BCUT2D eigenvalue weighted by atomic mass is 15.0. The molecular weight excluding hydrogens is 126 g/mol. The van der Waals surface area contributed by atoms with Gasteiger partial charge >= 0.3 is 0 Å². The summed E-state index contributed by atoms with van der Waals surface area (Å²) in [5.41, 5.74) is 6.16. The average molecular weight is 139 g/mol. The molecule has 0 aromatic rings. The summed E-state index contributed by atoms with van der Waals surface area (Å²) in [7, 11) is 1.77. The molecule has 56 valence electrons. The number of rotatable bonds is 3. The molecule has 0 heterocycles. The van der Waals surface area contributed by atoms with Crippen LogP contribution >= 0.6 is 0 Å². The molecule has 10 heavy (non-hydrogen) atoms. The van der Waals surface area contributed by atoms with E-state index in [2.05, 4.69) is 17.0 Å². The van der Waals surface area contributed by atoms with Crippen LogP contribution in [0.1, 0.15) is 6.92 Å². The molecule has 0 saturated heterocycles. The van der Waals surface area contributed by atoms with Crippen LogP contribution in [0.3, 0.4) is 0 Å². The molecule has 3 heteroatoms. The zero-order valence-corrected chi connectivity index (χ0v) is 6.39. The molecule has 0 unspecified atom stereocenters. The van der Waals surface area contributed by atoms with Gasteiger partial charge in [-0.05, 0) is 13.6 Å². The Morgan fingerprint density at radius 3 is 2.60 bits per heavy atom. The fourth-order valence-corrected chi connectivity index (χ4v) is 0.438. The fourth-order valence-electron chi connectivity index (χ4n) is 0.438. The minimum absolute atomic E-state index is 0.676. The summed E-state index contributed by atoms with van der Waals surface area (Å²) in [4.78, 5) is 3.67. The van der Waals surface area contributed by atoms with Crippen molar-refractivity contribution in [2.75, 3.05) is 7.05 Å². The lowest BCUT2D eigenvalue weighted by Crippen LogP contribution is -2.05. The maximum Gasteiger partial charge on any atom is 0.126 e. The molecule has 3 nitrogen and oxygen atoms in total. The van der Waals surface area contributed by atoms with E-state index in [1.165, 1.54) is 0 Å². The number of aliphatic imine (C=N–C) groups is 1. The van der Waals surface area contributed by atoms with Crippen molar-refractivity contribution in [2.45, 2.75) is 6.92 Å². The molecular formula is C7H13N3. The Labute approximate surface area is 61.3 Å². The van der Waals surface area contributed by atoms with Gasteiger partial charge in [0, 0.05) is 18.8 Å². The number of hydrogen-bond acceptors (Lipinski definition) is 3. The Balaban J connectivity index is 4.24. The molecule has 3 N–H and O–H groups in total. The van der Waals surface area contributed by atoms with Crippen LogP contribution in [0.5, 0.6) is 0 Å². The van der Waals surface area contributed by atoms with E-state index in [0.717, 1.165) is 0 Å². The smallest absolute Gasteiger partial charge is 0.126 e. The van der Waals surface area contributed by atoms with Gasteiger partial charge in [0.2, 0.25) is 0 Å². The summed E-state index contributed by atoms with van der Waals surface area (Å²) < 4.78 is 0. The van der Waals surface area contributed by atoms with Crippen LogP contribution in [-0.2, 0) is 0 Å². The highest BCUT2D eigenvalue weighted by Crippen LogP contribution is 1.93. The molecule has 0 aliphatic heterocycles. The van der Waals surface area contributed by atoms with Gasteiger partial charge in [-0.1, -0.05) is 6.08 Å². The van der Waals surface area contributed by atoms with Crippen molar-refractivity contribution in [2.24, 2.45) is 10.7 Å². The third kappa shape index (κ3) is 2.91. The van der Waals surface area contributed by atoms with E-state index < -0.39 is 0 Å². The minimum atomic E-state index is 0.676. The maximum absolute atomic E-state index is 5.48. The predicted octanol–water partition coefficient (Wildman–Crippen LogP) is 0.610. The van der Waals surface area contributed by atoms with Gasteiger partial charge in [0.1, 0.15) is 5.82 Å². The third-order valence-corrected chi connectivity index (χ3v) is 1.06. The second-order valence-corrected chi connectivity index (χ2v) is 1.73. The lowest BCUT2D eigenvalue weighted by molar-refractivity contribution is 0.965. The molecule has 0 bridgehead atoms. The van der Waals surface area contributed by atoms with Crippen molar-refractivity contribution in [3.8, 4) is 0 Å². The molecule has 0 aliphatic rings. The predicted molar refractivity (Wildman–Crippen MR) is 44.6 cm³/mol. The van der Waals surface area contributed by atoms with Crippen LogP contribution in [0.2, 0.25) is 0 Å². The Morgan fingerprint density at radius 1 is 1.70 bits per heavy atom. The Kier molecular flexibility index (Phi) is 4.04. The van der Waals surface area contributed by atoms with Gasteiger partial charge in [-0.15, -0.1) is 0 Å². The van der Waals surface area contributed by atoms with E-state index in [-0.39, 0.29) is 0 Å². The maximum atomic E-state index is 5.48. The normalized spacial score (nSPS) is 13.0. The molecule has 0 aliphatic carbocycles. The molecule has 0 aromatic carbocycles. The zero-order valence-electron chi connectivity index (χ0n) is 6.39. The van der Waals surface area contributed by atoms with Crippen LogP contribution in [-0.4, -0.2) is 13.8 Å². The molecule has 0 spiro atoms. The van der Waals surface area contributed by atoms with Crippen molar-refractivity contribution in [3.63, 3.8) is 0 Å². The number of allylic oxidation sites excluding steroid dienone is 2. The van der Waals surface area contributed by atoms with Gasteiger partial charge in [0.15, 0.2) is 0 Å². The van der Waals surface area contributed by atoms with Crippen LogP contribution in [0, 0.1) is 0 Å². The molecule has 0 amide bonds. The summed E-state index contributed by atoms with van der Waals surface area (Å²) in [6.07, 6.45) is 3.51. The molecule has 0 rings (SSSR count). The molecule has 0 saturated carbocycles. The number of nitrogens with two attached hydrogens (primary N) is 1. The lowest BCUT2D eigenvalue weighted by atomic mass is 10.4. The van der Waals surface area contributed by atoms with Crippen LogP contribution in [0.15, 0.2) is 28.7 Å². The molecule has 0 radical (unpaired) electrons. The third-order valence-electron chi connectivity index (χ3n) is 1.06. The van der Waals surface area contributed by atoms with Crippen molar-refractivity contribution < 1.29 is 0 Å². The lowest BCUT2D eigenvalue weighted by Gasteiger charge is -1.97. The van der Waals surface area contributed by atoms with Crippen LogP contribution in [0.4, 0.5) is 0 Å². The van der Waals surface area contributed by atoms with E-state index >= 15 is 0 Å². The monoisotopic (exact) mass is 139 g/mol. The van der Waals surface area contributed by atoms with E-state index in [0.29, 0.717) is 11.5 Å². The summed E-state index contributed by atoms with van der Waals surface area (Å²) >= 11 is 0. The summed E-state index contributed by atoms with van der Waals surface area (Å²) in [6.45, 7) is 5.22. The first kappa shape index (κ1) is 8.75. The van der Waals surface area contributed by atoms with Gasteiger partial charge in [-0.3, -0.25) is 0 Å². The fraction of sp³-hybridized carbons (Fsp3) is 0.286. The zero-order chi connectivity index (χ0) is 7.98. The summed E-state index contributed by atoms with van der Waals surface area (Å²) in [5, 5.41) is 2.83. The standard InChI is InChI=1S/C7H13N3/c1-4-6(8)5-7(9-2)10-3/h4-5,10H,2,8H2,1,3H3/b6-4+,7-5+. The highest BCUT2D eigenvalue weighted by molar-refractivity contribution is 5.30. The highest BCUT2D eigenvalue weighted by Gasteiger charge is 1.85. The van der Waals surface area contributed by atoms with Crippen LogP contribution < -0.4 is 11.1 Å². The number of hydrogen-bond donors (Lipinski definition) is 2. The molecule has 0 atom stereocenters. The molecule has 0 aromatic heterocycles. The first-order valence-electron chi connectivity index (χ1n) is 3.02. The Bertz CT molecular complexity index is 168. The summed E-state index contributed by atoms with van der Waals surface area (Å²) in [5.74, 6) is 0.676. The van der Waals surface area contributed by atoms with E-state index in [1.54, 1.807) is 19.2 Å².